The third-order valence-electron chi connectivity index (χ3n) is 3.35. The van der Waals surface area contributed by atoms with E-state index in [4.69, 9.17) is 5.26 Å². The van der Waals surface area contributed by atoms with Crippen LogP contribution in [0.1, 0.15) is 25.7 Å². The maximum Gasteiger partial charge on any atom is 0.281 e. The number of hydrogen-bond donors (Lipinski definition) is 0. The van der Waals surface area contributed by atoms with Gasteiger partial charge in [-0.3, -0.25) is 0 Å². The summed E-state index contributed by atoms with van der Waals surface area (Å²) in [6, 6.07) is 2.21. The number of rotatable bonds is 2. The summed E-state index contributed by atoms with van der Waals surface area (Å²) in [5.74, 6) is 0.0324. The van der Waals surface area contributed by atoms with Gasteiger partial charge in [0.15, 0.2) is 0 Å². The molecule has 0 aromatic heterocycles. The first kappa shape index (κ1) is 11.8. The van der Waals surface area contributed by atoms with Crippen molar-refractivity contribution < 1.29 is 8.42 Å². The molecule has 0 bridgehead atoms. The smallest absolute Gasteiger partial charge is 0.198 e. The van der Waals surface area contributed by atoms with Crippen molar-refractivity contribution in [3.8, 4) is 6.07 Å². The Bertz CT molecular complexity index is 373. The molecule has 5 nitrogen and oxygen atoms in total. The Morgan fingerprint density at radius 2 is 1.50 bits per heavy atom. The lowest BCUT2D eigenvalue weighted by molar-refractivity contribution is 0.288. The summed E-state index contributed by atoms with van der Waals surface area (Å²) in [6.07, 6.45) is 3.27. The molecule has 16 heavy (non-hydrogen) atoms. The fourth-order valence-electron chi connectivity index (χ4n) is 2.30. The highest BCUT2D eigenvalue weighted by molar-refractivity contribution is 7.86. The van der Waals surface area contributed by atoms with Gasteiger partial charge in [-0.2, -0.15) is 22.3 Å². The highest BCUT2D eigenvalue weighted by Gasteiger charge is 2.33. The molecule has 6 heteroatoms. The quantitative estimate of drug-likeness (QED) is 0.712. The molecule has 0 radical (unpaired) electrons. The van der Waals surface area contributed by atoms with Gasteiger partial charge in [0.05, 0.1) is 6.07 Å². The Morgan fingerprint density at radius 3 is 2.00 bits per heavy atom. The Kier molecular flexibility index (Phi) is 3.47. The summed E-state index contributed by atoms with van der Waals surface area (Å²) in [5.41, 5.74) is 0. The van der Waals surface area contributed by atoms with Crippen LogP contribution in [-0.4, -0.2) is 43.2 Å². The van der Waals surface area contributed by atoms with Crippen molar-refractivity contribution in [2.24, 2.45) is 5.92 Å². The topological polar surface area (TPSA) is 64.4 Å². The van der Waals surface area contributed by atoms with E-state index in [0.29, 0.717) is 39.0 Å². The Balaban J connectivity index is 2.00. The molecule has 0 aliphatic carbocycles. The molecule has 90 valence electrons. The van der Waals surface area contributed by atoms with Gasteiger partial charge < -0.3 is 0 Å². The zero-order chi connectivity index (χ0) is 11.6. The first-order chi connectivity index (χ1) is 7.64. The van der Waals surface area contributed by atoms with E-state index >= 15 is 0 Å². The molecule has 2 aliphatic heterocycles. The second kappa shape index (κ2) is 4.70. The molecule has 2 saturated heterocycles. The van der Waals surface area contributed by atoms with E-state index in [1.165, 1.54) is 4.31 Å². The average molecular weight is 243 g/mol. The van der Waals surface area contributed by atoms with E-state index in [-0.39, 0.29) is 5.92 Å². The molecule has 0 amide bonds. The van der Waals surface area contributed by atoms with Crippen molar-refractivity contribution in [1.82, 2.24) is 8.61 Å². The highest BCUT2D eigenvalue weighted by Crippen LogP contribution is 2.22. The molecule has 2 aliphatic rings. The summed E-state index contributed by atoms with van der Waals surface area (Å²) >= 11 is 0. The second-order valence-corrected chi connectivity index (χ2v) is 6.34. The lowest BCUT2D eigenvalue weighted by Crippen LogP contribution is -2.46. The third kappa shape index (κ3) is 2.21. The van der Waals surface area contributed by atoms with Crippen molar-refractivity contribution in [1.29, 1.82) is 5.26 Å². The van der Waals surface area contributed by atoms with Crippen LogP contribution in [0.3, 0.4) is 0 Å². The van der Waals surface area contributed by atoms with Gasteiger partial charge in [0.1, 0.15) is 0 Å². The first-order valence-corrected chi connectivity index (χ1v) is 7.19. The zero-order valence-corrected chi connectivity index (χ0v) is 10.1. The fraction of sp³-hybridized carbons (Fsp3) is 0.900. The summed E-state index contributed by atoms with van der Waals surface area (Å²) in [5, 5.41) is 8.76. The molecule has 0 aromatic carbocycles. The lowest BCUT2D eigenvalue weighted by Gasteiger charge is -2.31. The number of hydrogen-bond acceptors (Lipinski definition) is 3. The Labute approximate surface area is 96.8 Å². The van der Waals surface area contributed by atoms with Gasteiger partial charge in [-0.15, -0.1) is 0 Å². The van der Waals surface area contributed by atoms with E-state index in [0.717, 1.165) is 12.8 Å². The largest absolute Gasteiger partial charge is 0.281 e. The zero-order valence-electron chi connectivity index (χ0n) is 9.30. The predicted molar refractivity (Wildman–Crippen MR) is 59.6 cm³/mol. The van der Waals surface area contributed by atoms with E-state index in [1.54, 1.807) is 4.31 Å². The van der Waals surface area contributed by atoms with Gasteiger partial charge in [-0.1, -0.05) is 0 Å². The summed E-state index contributed by atoms with van der Waals surface area (Å²) in [6.45, 7) is 2.30. The molecule has 2 fully saturated rings. The van der Waals surface area contributed by atoms with Crippen molar-refractivity contribution in [2.75, 3.05) is 26.2 Å². The van der Waals surface area contributed by atoms with Crippen LogP contribution in [0, 0.1) is 17.2 Å². The van der Waals surface area contributed by atoms with E-state index < -0.39 is 10.2 Å². The van der Waals surface area contributed by atoms with Crippen molar-refractivity contribution in [2.45, 2.75) is 25.7 Å². The maximum absolute atomic E-state index is 12.2. The maximum atomic E-state index is 12.2. The summed E-state index contributed by atoms with van der Waals surface area (Å²) in [7, 11) is -3.24. The standard InChI is InChI=1S/C10H17N3O2S/c11-9-10-3-7-13(8-4-10)16(14,15)12-5-1-2-6-12/h10H,1-8H2. The average Bonchev–Trinajstić information content (AvgIpc) is 2.83. The molecule has 2 rings (SSSR count). The monoisotopic (exact) mass is 243 g/mol. The molecule has 0 spiro atoms. The third-order valence-corrected chi connectivity index (χ3v) is 5.39. The normalized spacial score (nSPS) is 25.7. The molecule has 0 saturated carbocycles. The Hall–Kier alpha value is -0.640. The van der Waals surface area contributed by atoms with Crippen molar-refractivity contribution in [3.63, 3.8) is 0 Å². The van der Waals surface area contributed by atoms with Crippen molar-refractivity contribution in [3.05, 3.63) is 0 Å². The van der Waals surface area contributed by atoms with Gasteiger partial charge in [0.2, 0.25) is 0 Å². The van der Waals surface area contributed by atoms with Gasteiger partial charge in [0.25, 0.3) is 10.2 Å². The van der Waals surface area contributed by atoms with Gasteiger partial charge in [0, 0.05) is 32.1 Å². The molecule has 0 N–H and O–H groups in total. The van der Waals surface area contributed by atoms with Crippen molar-refractivity contribution >= 4 is 10.2 Å². The molecular formula is C10H17N3O2S. The van der Waals surface area contributed by atoms with Crippen LogP contribution in [0.2, 0.25) is 0 Å². The minimum Gasteiger partial charge on any atom is -0.198 e. The predicted octanol–water partition coefficient (Wildman–Crippen LogP) is 0.563. The fourth-order valence-corrected chi connectivity index (χ4v) is 4.02. The lowest BCUT2D eigenvalue weighted by atomic mass is 10.0. The number of nitrogens with zero attached hydrogens (tertiary/aromatic N) is 3. The molecule has 0 aromatic rings. The molecule has 0 unspecified atom stereocenters. The Morgan fingerprint density at radius 1 is 1.00 bits per heavy atom. The highest BCUT2D eigenvalue weighted by atomic mass is 32.2. The van der Waals surface area contributed by atoms with E-state index in [1.807, 2.05) is 0 Å². The minimum atomic E-state index is -3.24. The van der Waals surface area contributed by atoms with Gasteiger partial charge in [-0.05, 0) is 25.7 Å². The SMILES string of the molecule is N#CC1CCN(S(=O)(=O)N2CCCC2)CC1. The van der Waals surface area contributed by atoms with Crippen LogP contribution in [0.4, 0.5) is 0 Å². The van der Waals surface area contributed by atoms with E-state index in [9.17, 15) is 8.42 Å². The summed E-state index contributed by atoms with van der Waals surface area (Å²) in [4.78, 5) is 0. The van der Waals surface area contributed by atoms with Crippen LogP contribution in [0.15, 0.2) is 0 Å². The van der Waals surface area contributed by atoms with Gasteiger partial charge in [-0.25, -0.2) is 0 Å². The molecule has 0 atom stereocenters. The van der Waals surface area contributed by atoms with Crippen LogP contribution in [-0.2, 0) is 10.2 Å². The molecule has 2 heterocycles. The van der Waals surface area contributed by atoms with Crippen LogP contribution >= 0.6 is 0 Å². The first-order valence-electron chi connectivity index (χ1n) is 5.79. The van der Waals surface area contributed by atoms with Crippen LogP contribution in [0.5, 0.6) is 0 Å². The number of piperidine rings is 1. The number of nitriles is 1. The molecular weight excluding hydrogens is 226 g/mol. The van der Waals surface area contributed by atoms with Crippen LogP contribution < -0.4 is 0 Å². The van der Waals surface area contributed by atoms with Gasteiger partial charge >= 0.3 is 0 Å². The minimum absolute atomic E-state index is 0.0324. The summed E-state index contributed by atoms with van der Waals surface area (Å²) < 4.78 is 27.4. The van der Waals surface area contributed by atoms with E-state index in [2.05, 4.69) is 6.07 Å². The van der Waals surface area contributed by atoms with Crippen LogP contribution in [0.25, 0.3) is 0 Å². The second-order valence-electron chi connectivity index (χ2n) is 4.42.